The van der Waals surface area contributed by atoms with Gasteiger partial charge in [-0.1, -0.05) is 0 Å². The predicted molar refractivity (Wildman–Crippen MR) is 83.7 cm³/mol. The SMILES string of the molecule is Cc1nc(C#N)cc(N2CCC[C@H](CN3CCOCC3)C2)n1. The molecule has 6 nitrogen and oxygen atoms in total. The summed E-state index contributed by atoms with van der Waals surface area (Å²) in [5, 5.41) is 9.08. The van der Waals surface area contributed by atoms with Crippen molar-refractivity contribution >= 4 is 5.82 Å². The smallest absolute Gasteiger partial charge is 0.146 e. The number of hydrogen-bond acceptors (Lipinski definition) is 6. The number of nitriles is 1. The van der Waals surface area contributed by atoms with Crippen LogP contribution in [0.2, 0.25) is 0 Å². The third-order valence-corrected chi connectivity index (χ3v) is 4.40. The van der Waals surface area contributed by atoms with Gasteiger partial charge in [0.2, 0.25) is 0 Å². The van der Waals surface area contributed by atoms with E-state index in [-0.39, 0.29) is 0 Å². The summed E-state index contributed by atoms with van der Waals surface area (Å²) >= 11 is 0. The molecule has 0 unspecified atom stereocenters. The number of ether oxygens (including phenoxy) is 1. The molecule has 0 aromatic carbocycles. The van der Waals surface area contributed by atoms with E-state index in [4.69, 9.17) is 10.00 Å². The molecule has 2 aliphatic rings. The maximum atomic E-state index is 9.08. The third kappa shape index (κ3) is 3.73. The van der Waals surface area contributed by atoms with Gasteiger partial charge in [0.15, 0.2) is 0 Å². The first-order chi connectivity index (χ1) is 10.7. The summed E-state index contributed by atoms with van der Waals surface area (Å²) in [6.45, 7) is 8.80. The van der Waals surface area contributed by atoms with E-state index in [9.17, 15) is 0 Å². The highest BCUT2D eigenvalue weighted by Gasteiger charge is 2.24. The maximum Gasteiger partial charge on any atom is 0.146 e. The highest BCUT2D eigenvalue weighted by molar-refractivity contribution is 5.43. The van der Waals surface area contributed by atoms with Crippen LogP contribution in [-0.4, -0.2) is 60.8 Å². The molecule has 1 aromatic heterocycles. The molecule has 118 valence electrons. The number of aromatic nitrogens is 2. The second-order valence-corrected chi connectivity index (χ2v) is 6.14. The zero-order valence-corrected chi connectivity index (χ0v) is 13.2. The lowest BCUT2D eigenvalue weighted by molar-refractivity contribution is 0.0296. The van der Waals surface area contributed by atoms with Crippen LogP contribution in [0.25, 0.3) is 0 Å². The Hall–Kier alpha value is -1.71. The largest absolute Gasteiger partial charge is 0.379 e. The van der Waals surface area contributed by atoms with Crippen molar-refractivity contribution in [1.82, 2.24) is 14.9 Å². The lowest BCUT2D eigenvalue weighted by atomic mass is 9.97. The van der Waals surface area contributed by atoms with Crippen LogP contribution >= 0.6 is 0 Å². The Morgan fingerprint density at radius 3 is 2.91 bits per heavy atom. The Bertz CT molecular complexity index is 550. The molecule has 0 spiro atoms. The van der Waals surface area contributed by atoms with Crippen LogP contribution in [0.3, 0.4) is 0 Å². The van der Waals surface area contributed by atoms with Gasteiger partial charge in [0.25, 0.3) is 0 Å². The summed E-state index contributed by atoms with van der Waals surface area (Å²) in [5.41, 5.74) is 0.456. The summed E-state index contributed by atoms with van der Waals surface area (Å²) in [5.74, 6) is 2.23. The Morgan fingerprint density at radius 2 is 2.14 bits per heavy atom. The molecule has 2 aliphatic heterocycles. The average molecular weight is 301 g/mol. The van der Waals surface area contributed by atoms with Crippen LogP contribution in [0.5, 0.6) is 0 Å². The number of aryl methyl sites for hydroxylation is 1. The van der Waals surface area contributed by atoms with Gasteiger partial charge in [0.05, 0.1) is 13.2 Å². The molecule has 0 aliphatic carbocycles. The monoisotopic (exact) mass is 301 g/mol. The van der Waals surface area contributed by atoms with Gasteiger partial charge in [-0.05, 0) is 25.7 Å². The second-order valence-electron chi connectivity index (χ2n) is 6.14. The molecule has 1 atom stereocenters. The first kappa shape index (κ1) is 15.2. The number of anilines is 1. The van der Waals surface area contributed by atoms with Crippen LogP contribution in [-0.2, 0) is 4.74 Å². The van der Waals surface area contributed by atoms with E-state index in [0.29, 0.717) is 17.4 Å². The van der Waals surface area contributed by atoms with Crippen LogP contribution in [0, 0.1) is 24.2 Å². The summed E-state index contributed by atoms with van der Waals surface area (Å²) in [6, 6.07) is 3.93. The molecule has 0 radical (unpaired) electrons. The van der Waals surface area contributed by atoms with Crippen molar-refractivity contribution in [1.29, 1.82) is 5.26 Å². The molecule has 2 fully saturated rings. The van der Waals surface area contributed by atoms with E-state index in [0.717, 1.165) is 51.8 Å². The van der Waals surface area contributed by atoms with Gasteiger partial charge < -0.3 is 9.64 Å². The highest BCUT2D eigenvalue weighted by Crippen LogP contribution is 2.23. The molecule has 3 rings (SSSR count). The Morgan fingerprint density at radius 1 is 1.32 bits per heavy atom. The van der Waals surface area contributed by atoms with Gasteiger partial charge >= 0.3 is 0 Å². The molecule has 3 heterocycles. The fourth-order valence-electron chi connectivity index (χ4n) is 3.34. The van der Waals surface area contributed by atoms with Gasteiger partial charge in [-0.3, -0.25) is 4.90 Å². The number of hydrogen-bond donors (Lipinski definition) is 0. The molecule has 1 aromatic rings. The minimum atomic E-state index is 0.456. The topological polar surface area (TPSA) is 65.3 Å². The summed E-state index contributed by atoms with van der Waals surface area (Å²) < 4.78 is 5.42. The summed E-state index contributed by atoms with van der Waals surface area (Å²) in [7, 11) is 0. The lowest BCUT2D eigenvalue weighted by Crippen LogP contribution is -2.44. The quantitative estimate of drug-likeness (QED) is 0.836. The Labute approximate surface area is 131 Å². The summed E-state index contributed by atoms with van der Waals surface area (Å²) in [4.78, 5) is 13.5. The molecular weight excluding hydrogens is 278 g/mol. The van der Waals surface area contributed by atoms with Crippen molar-refractivity contribution < 1.29 is 4.74 Å². The minimum Gasteiger partial charge on any atom is -0.379 e. The summed E-state index contributed by atoms with van der Waals surface area (Å²) in [6.07, 6.45) is 2.45. The van der Waals surface area contributed by atoms with Crippen LogP contribution in [0.15, 0.2) is 6.07 Å². The zero-order valence-electron chi connectivity index (χ0n) is 13.2. The van der Waals surface area contributed by atoms with Crippen molar-refractivity contribution in [3.05, 3.63) is 17.6 Å². The fraction of sp³-hybridized carbons (Fsp3) is 0.688. The van der Waals surface area contributed by atoms with Crippen molar-refractivity contribution in [2.75, 3.05) is 50.8 Å². The first-order valence-corrected chi connectivity index (χ1v) is 8.05. The van der Waals surface area contributed by atoms with Crippen molar-refractivity contribution in [3.8, 4) is 6.07 Å². The predicted octanol–water partition coefficient (Wildman–Crippen LogP) is 1.21. The van der Waals surface area contributed by atoms with Crippen LogP contribution in [0.1, 0.15) is 24.4 Å². The van der Waals surface area contributed by atoms with Gasteiger partial charge in [0.1, 0.15) is 23.4 Å². The van der Waals surface area contributed by atoms with E-state index in [1.54, 1.807) is 0 Å². The molecule has 0 saturated carbocycles. The second kappa shape index (κ2) is 7.03. The Kier molecular flexibility index (Phi) is 4.86. The minimum absolute atomic E-state index is 0.456. The van der Waals surface area contributed by atoms with Gasteiger partial charge in [0, 0.05) is 38.8 Å². The fourth-order valence-corrected chi connectivity index (χ4v) is 3.34. The van der Waals surface area contributed by atoms with Crippen molar-refractivity contribution in [2.24, 2.45) is 5.92 Å². The number of morpholine rings is 1. The average Bonchev–Trinajstić information content (AvgIpc) is 2.55. The highest BCUT2D eigenvalue weighted by atomic mass is 16.5. The maximum absolute atomic E-state index is 9.08. The van der Waals surface area contributed by atoms with Gasteiger partial charge in [-0.25, -0.2) is 9.97 Å². The molecular formula is C16H23N5O. The van der Waals surface area contributed by atoms with Gasteiger partial charge in [-0.2, -0.15) is 5.26 Å². The van der Waals surface area contributed by atoms with Crippen molar-refractivity contribution in [2.45, 2.75) is 19.8 Å². The number of rotatable bonds is 3. The molecule has 0 bridgehead atoms. The normalized spacial score (nSPS) is 23.3. The lowest BCUT2D eigenvalue weighted by Gasteiger charge is -2.37. The Balaban J connectivity index is 1.65. The standard InChI is InChI=1S/C16H23N5O/c1-13-18-15(10-17)9-16(19-13)21-4-2-3-14(12-21)11-20-5-7-22-8-6-20/h9,14H,2-8,11-12H2,1H3/t14-/m1/s1. The molecule has 2 saturated heterocycles. The van der Waals surface area contributed by atoms with E-state index in [1.807, 2.05) is 13.0 Å². The van der Waals surface area contributed by atoms with E-state index in [1.165, 1.54) is 12.8 Å². The number of piperidine rings is 1. The van der Waals surface area contributed by atoms with Crippen molar-refractivity contribution in [3.63, 3.8) is 0 Å². The first-order valence-electron chi connectivity index (χ1n) is 8.05. The molecule has 0 amide bonds. The number of nitrogens with zero attached hydrogens (tertiary/aromatic N) is 5. The van der Waals surface area contributed by atoms with E-state index >= 15 is 0 Å². The zero-order chi connectivity index (χ0) is 15.4. The van der Waals surface area contributed by atoms with Gasteiger partial charge in [-0.15, -0.1) is 0 Å². The van der Waals surface area contributed by atoms with E-state index in [2.05, 4.69) is 25.8 Å². The molecule has 6 heteroatoms. The van der Waals surface area contributed by atoms with Crippen LogP contribution in [0.4, 0.5) is 5.82 Å². The molecule has 0 N–H and O–H groups in total. The van der Waals surface area contributed by atoms with Crippen LogP contribution < -0.4 is 4.90 Å². The van der Waals surface area contributed by atoms with E-state index < -0.39 is 0 Å². The molecule has 22 heavy (non-hydrogen) atoms. The third-order valence-electron chi connectivity index (χ3n) is 4.40.